The SMILES string of the molecule is CCCCOc1ccc(S(=O)(=O)C2(C(=O)ON)CCN(Oc3ccccc3)CC2)cc1. The molecule has 1 aliphatic rings. The van der Waals surface area contributed by atoms with E-state index in [0.717, 1.165) is 12.8 Å². The minimum atomic E-state index is -4.07. The lowest BCUT2D eigenvalue weighted by Crippen LogP contribution is -2.56. The van der Waals surface area contributed by atoms with Crippen molar-refractivity contribution in [3.63, 3.8) is 0 Å². The van der Waals surface area contributed by atoms with Crippen LogP contribution in [0.3, 0.4) is 0 Å². The van der Waals surface area contributed by atoms with Crippen LogP contribution < -0.4 is 15.5 Å². The van der Waals surface area contributed by atoms with Crippen LogP contribution in [0.2, 0.25) is 0 Å². The van der Waals surface area contributed by atoms with Gasteiger partial charge in [-0.3, -0.25) is 0 Å². The fraction of sp³-hybridized carbons (Fsp3) is 0.409. The molecule has 0 aromatic heterocycles. The van der Waals surface area contributed by atoms with Gasteiger partial charge in [-0.15, -0.1) is 5.06 Å². The van der Waals surface area contributed by atoms with Gasteiger partial charge in [-0.1, -0.05) is 31.5 Å². The first kappa shape index (κ1) is 23.1. The van der Waals surface area contributed by atoms with E-state index in [1.165, 1.54) is 12.1 Å². The second-order valence-electron chi connectivity index (χ2n) is 7.41. The van der Waals surface area contributed by atoms with Crippen LogP contribution in [0.4, 0.5) is 0 Å². The zero-order valence-corrected chi connectivity index (χ0v) is 18.3. The van der Waals surface area contributed by atoms with E-state index >= 15 is 0 Å². The first-order valence-corrected chi connectivity index (χ1v) is 11.8. The monoisotopic (exact) mass is 448 g/mol. The number of ether oxygens (including phenoxy) is 1. The minimum absolute atomic E-state index is 0.00699. The number of nitrogens with zero attached hydrogens (tertiary/aromatic N) is 1. The smallest absolute Gasteiger partial charge is 0.346 e. The van der Waals surface area contributed by atoms with Crippen molar-refractivity contribution < 1.29 is 27.6 Å². The maximum absolute atomic E-state index is 13.5. The summed E-state index contributed by atoms with van der Waals surface area (Å²) in [6.07, 6.45) is 1.90. The summed E-state index contributed by atoms with van der Waals surface area (Å²) < 4.78 is 30.8. The molecule has 8 nitrogen and oxygen atoms in total. The quantitative estimate of drug-likeness (QED) is 0.461. The number of piperidine rings is 1. The average Bonchev–Trinajstić information content (AvgIpc) is 2.80. The highest BCUT2D eigenvalue weighted by Gasteiger charge is 2.54. The number of hydroxylamine groups is 2. The highest BCUT2D eigenvalue weighted by atomic mass is 32.2. The first-order chi connectivity index (χ1) is 14.9. The molecule has 9 heteroatoms. The number of rotatable bonds is 9. The Bertz CT molecular complexity index is 955. The first-order valence-electron chi connectivity index (χ1n) is 10.3. The summed E-state index contributed by atoms with van der Waals surface area (Å²) in [6.45, 7) is 3.07. The lowest BCUT2D eigenvalue weighted by atomic mass is 9.97. The fourth-order valence-corrected chi connectivity index (χ4v) is 5.47. The second kappa shape index (κ2) is 10.1. The van der Waals surface area contributed by atoms with Crippen LogP contribution in [0.15, 0.2) is 59.5 Å². The predicted molar refractivity (Wildman–Crippen MR) is 115 cm³/mol. The van der Waals surface area contributed by atoms with Crippen molar-refractivity contribution in [2.45, 2.75) is 42.2 Å². The van der Waals surface area contributed by atoms with Gasteiger partial charge in [0, 0.05) is 13.1 Å². The summed E-state index contributed by atoms with van der Waals surface area (Å²) in [4.78, 5) is 22.9. The molecule has 2 aromatic rings. The predicted octanol–water partition coefficient (Wildman–Crippen LogP) is 2.88. The Balaban J connectivity index is 1.78. The lowest BCUT2D eigenvalue weighted by Gasteiger charge is -2.38. The molecule has 1 heterocycles. The van der Waals surface area contributed by atoms with Crippen LogP contribution in [-0.4, -0.2) is 43.9 Å². The van der Waals surface area contributed by atoms with Crippen LogP contribution in [0.5, 0.6) is 11.5 Å². The van der Waals surface area contributed by atoms with Crippen LogP contribution in [-0.2, 0) is 19.5 Å². The Hall–Kier alpha value is -2.62. The Labute approximate surface area is 182 Å². The molecule has 31 heavy (non-hydrogen) atoms. The Morgan fingerprint density at radius 3 is 2.26 bits per heavy atom. The molecule has 1 aliphatic heterocycles. The third kappa shape index (κ3) is 5.00. The number of unbranched alkanes of at least 4 members (excludes halogenated alkanes) is 1. The van der Waals surface area contributed by atoms with Gasteiger partial charge < -0.3 is 14.4 Å². The van der Waals surface area contributed by atoms with Gasteiger partial charge in [0.05, 0.1) is 11.5 Å². The van der Waals surface area contributed by atoms with E-state index in [1.807, 2.05) is 18.2 Å². The molecule has 2 aromatic carbocycles. The summed E-state index contributed by atoms with van der Waals surface area (Å²) >= 11 is 0. The Morgan fingerprint density at radius 1 is 1.03 bits per heavy atom. The number of para-hydroxylation sites is 1. The van der Waals surface area contributed by atoms with Crippen molar-refractivity contribution in [1.82, 2.24) is 5.06 Å². The molecule has 0 amide bonds. The van der Waals surface area contributed by atoms with Crippen molar-refractivity contribution in [3.8, 4) is 11.5 Å². The number of nitrogens with two attached hydrogens (primary N) is 1. The van der Waals surface area contributed by atoms with E-state index in [-0.39, 0.29) is 30.8 Å². The maximum Gasteiger partial charge on any atom is 0.346 e. The molecular weight excluding hydrogens is 420 g/mol. The van der Waals surface area contributed by atoms with E-state index in [0.29, 0.717) is 18.1 Å². The van der Waals surface area contributed by atoms with Gasteiger partial charge in [0.15, 0.2) is 14.6 Å². The largest absolute Gasteiger partial charge is 0.494 e. The number of carbonyl (C=O) groups excluding carboxylic acids is 1. The summed E-state index contributed by atoms with van der Waals surface area (Å²) in [5.74, 6) is 5.39. The molecule has 2 N–H and O–H groups in total. The second-order valence-corrected chi connectivity index (χ2v) is 9.67. The average molecular weight is 449 g/mol. The summed E-state index contributed by atoms with van der Waals surface area (Å²) in [6, 6.07) is 15.3. The van der Waals surface area contributed by atoms with Gasteiger partial charge in [-0.25, -0.2) is 13.2 Å². The minimum Gasteiger partial charge on any atom is -0.494 e. The van der Waals surface area contributed by atoms with Crippen LogP contribution in [0.1, 0.15) is 32.6 Å². The van der Waals surface area contributed by atoms with Crippen molar-refractivity contribution in [2.75, 3.05) is 19.7 Å². The van der Waals surface area contributed by atoms with Gasteiger partial charge in [0.2, 0.25) is 0 Å². The molecule has 1 saturated heterocycles. The number of carbonyl (C=O) groups is 1. The van der Waals surface area contributed by atoms with Crippen molar-refractivity contribution in [2.24, 2.45) is 5.90 Å². The van der Waals surface area contributed by atoms with Gasteiger partial charge in [-0.05, 0) is 55.7 Å². The fourth-order valence-electron chi connectivity index (χ4n) is 3.53. The molecule has 0 atom stereocenters. The van der Waals surface area contributed by atoms with Crippen molar-refractivity contribution in [3.05, 3.63) is 54.6 Å². The number of sulfone groups is 1. The van der Waals surface area contributed by atoms with E-state index < -0.39 is 20.6 Å². The van der Waals surface area contributed by atoms with E-state index in [1.54, 1.807) is 29.3 Å². The van der Waals surface area contributed by atoms with E-state index in [2.05, 4.69) is 11.8 Å². The summed E-state index contributed by atoms with van der Waals surface area (Å²) in [7, 11) is -4.07. The van der Waals surface area contributed by atoms with Crippen molar-refractivity contribution in [1.29, 1.82) is 0 Å². The molecule has 0 aliphatic carbocycles. The highest BCUT2D eigenvalue weighted by Crippen LogP contribution is 2.37. The topological polar surface area (TPSA) is 108 Å². The zero-order chi connectivity index (χ0) is 22.3. The number of hydrogen-bond donors (Lipinski definition) is 1. The number of benzene rings is 2. The maximum atomic E-state index is 13.5. The molecule has 1 fully saturated rings. The van der Waals surface area contributed by atoms with E-state index in [4.69, 9.17) is 15.5 Å². The molecule has 0 radical (unpaired) electrons. The Morgan fingerprint density at radius 2 is 1.68 bits per heavy atom. The summed E-state index contributed by atoms with van der Waals surface area (Å²) in [5.41, 5.74) is 0. The third-order valence-electron chi connectivity index (χ3n) is 5.40. The molecule has 0 unspecified atom stereocenters. The van der Waals surface area contributed by atoms with Crippen LogP contribution >= 0.6 is 0 Å². The van der Waals surface area contributed by atoms with Gasteiger partial charge >= 0.3 is 5.97 Å². The molecule has 0 saturated carbocycles. The van der Waals surface area contributed by atoms with Gasteiger partial charge in [0.1, 0.15) is 11.5 Å². The van der Waals surface area contributed by atoms with Crippen LogP contribution in [0.25, 0.3) is 0 Å². The molecule has 0 bridgehead atoms. The lowest BCUT2D eigenvalue weighted by molar-refractivity contribution is -0.152. The van der Waals surface area contributed by atoms with E-state index in [9.17, 15) is 13.2 Å². The molecule has 0 spiro atoms. The third-order valence-corrected chi connectivity index (χ3v) is 7.90. The normalized spacial score (nSPS) is 16.5. The van der Waals surface area contributed by atoms with Gasteiger partial charge in [0.25, 0.3) is 0 Å². The number of hydrogen-bond acceptors (Lipinski definition) is 8. The molecule has 168 valence electrons. The highest BCUT2D eigenvalue weighted by molar-refractivity contribution is 7.93. The Kier molecular flexibility index (Phi) is 7.53. The molecular formula is C22H28N2O6S. The molecule has 3 rings (SSSR count). The standard InChI is InChI=1S/C22H28N2O6S/c1-2-3-17-28-18-9-11-20(12-10-18)31(26,27)22(21(25)29-23)13-15-24(16-14-22)30-19-7-5-4-6-8-19/h4-12H,2-3,13-17,23H2,1H3. The summed E-state index contributed by atoms with van der Waals surface area (Å²) in [5, 5.41) is 1.64. The van der Waals surface area contributed by atoms with Gasteiger partial charge in [-0.2, -0.15) is 5.90 Å². The van der Waals surface area contributed by atoms with Crippen LogP contribution in [0, 0.1) is 0 Å². The zero-order valence-electron chi connectivity index (χ0n) is 17.5. The van der Waals surface area contributed by atoms with Crippen molar-refractivity contribution >= 4 is 15.8 Å².